The number of hydrogen-bond acceptors (Lipinski definition) is 2. The van der Waals surface area contributed by atoms with E-state index >= 15 is 0 Å². The Bertz CT molecular complexity index is 768. The van der Waals surface area contributed by atoms with Crippen molar-refractivity contribution >= 4 is 11.8 Å². The predicted octanol–water partition coefficient (Wildman–Crippen LogP) is 4.07. The van der Waals surface area contributed by atoms with Crippen molar-refractivity contribution in [1.29, 1.82) is 0 Å². The summed E-state index contributed by atoms with van der Waals surface area (Å²) in [6, 6.07) is 20.6. The van der Waals surface area contributed by atoms with Crippen LogP contribution >= 0.6 is 0 Å². The number of rotatable bonds is 5. The van der Waals surface area contributed by atoms with Gasteiger partial charge in [-0.15, -0.1) is 0 Å². The first-order valence-corrected chi connectivity index (χ1v) is 10.9. The molecule has 2 amide bonds. The van der Waals surface area contributed by atoms with Gasteiger partial charge in [-0.2, -0.15) is 0 Å². The number of benzene rings is 2. The molecule has 0 bridgehead atoms. The number of piperidine rings is 1. The molecule has 2 saturated heterocycles. The van der Waals surface area contributed by atoms with E-state index in [1.807, 2.05) is 46.2 Å². The second kappa shape index (κ2) is 9.25. The van der Waals surface area contributed by atoms with Crippen molar-refractivity contribution in [1.82, 2.24) is 9.80 Å². The molecule has 2 fully saturated rings. The van der Waals surface area contributed by atoms with Crippen LogP contribution in [0.5, 0.6) is 0 Å². The Morgan fingerprint density at radius 3 is 1.79 bits per heavy atom. The normalized spacial score (nSPS) is 17.7. The van der Waals surface area contributed by atoms with E-state index in [-0.39, 0.29) is 17.7 Å². The van der Waals surface area contributed by atoms with Crippen LogP contribution in [0.15, 0.2) is 60.7 Å². The SMILES string of the molecule is O=C(CC(c1ccccc1)c1ccccc1)N1CCC(C(=O)N2CCCC2)CC1. The fraction of sp³-hybridized carbons (Fsp3) is 0.440. The van der Waals surface area contributed by atoms with Gasteiger partial charge in [-0.05, 0) is 36.8 Å². The molecule has 0 atom stereocenters. The van der Waals surface area contributed by atoms with Crippen LogP contribution in [0.3, 0.4) is 0 Å². The summed E-state index contributed by atoms with van der Waals surface area (Å²) in [7, 11) is 0. The lowest BCUT2D eigenvalue weighted by Crippen LogP contribution is -2.44. The Hall–Kier alpha value is -2.62. The quantitative estimate of drug-likeness (QED) is 0.772. The number of hydrogen-bond donors (Lipinski definition) is 0. The smallest absolute Gasteiger partial charge is 0.225 e. The molecule has 29 heavy (non-hydrogen) atoms. The highest BCUT2D eigenvalue weighted by atomic mass is 16.2. The lowest BCUT2D eigenvalue weighted by molar-refractivity contribution is -0.140. The summed E-state index contributed by atoms with van der Waals surface area (Å²) < 4.78 is 0. The van der Waals surface area contributed by atoms with Gasteiger partial charge in [0.2, 0.25) is 11.8 Å². The Labute approximate surface area is 173 Å². The highest BCUT2D eigenvalue weighted by Crippen LogP contribution is 2.30. The molecule has 2 aliphatic heterocycles. The van der Waals surface area contributed by atoms with Crippen molar-refractivity contribution in [2.45, 2.75) is 38.0 Å². The molecule has 4 rings (SSSR count). The lowest BCUT2D eigenvalue weighted by atomic mass is 9.87. The lowest BCUT2D eigenvalue weighted by Gasteiger charge is -2.34. The van der Waals surface area contributed by atoms with Crippen LogP contribution < -0.4 is 0 Å². The molecule has 4 heteroatoms. The maximum atomic E-state index is 13.1. The third-order valence-electron chi connectivity index (χ3n) is 6.40. The minimum Gasteiger partial charge on any atom is -0.343 e. The van der Waals surface area contributed by atoms with Gasteiger partial charge < -0.3 is 9.80 Å². The third-order valence-corrected chi connectivity index (χ3v) is 6.40. The number of carbonyl (C=O) groups excluding carboxylic acids is 2. The summed E-state index contributed by atoms with van der Waals surface area (Å²) in [6.07, 6.45) is 4.32. The van der Waals surface area contributed by atoms with Crippen molar-refractivity contribution in [3.63, 3.8) is 0 Å². The summed E-state index contributed by atoms with van der Waals surface area (Å²) in [5.41, 5.74) is 2.34. The summed E-state index contributed by atoms with van der Waals surface area (Å²) >= 11 is 0. The van der Waals surface area contributed by atoms with Gasteiger partial charge in [0.1, 0.15) is 0 Å². The van der Waals surface area contributed by atoms with E-state index in [9.17, 15) is 9.59 Å². The Kier molecular flexibility index (Phi) is 6.28. The fourth-order valence-corrected chi connectivity index (χ4v) is 4.67. The van der Waals surface area contributed by atoms with Crippen molar-refractivity contribution in [2.24, 2.45) is 5.92 Å². The van der Waals surface area contributed by atoms with Crippen molar-refractivity contribution in [3.8, 4) is 0 Å². The first-order chi connectivity index (χ1) is 14.2. The molecule has 0 N–H and O–H groups in total. The van der Waals surface area contributed by atoms with Gasteiger partial charge in [0.15, 0.2) is 0 Å². The molecule has 0 unspecified atom stereocenters. The van der Waals surface area contributed by atoms with Gasteiger partial charge in [0.25, 0.3) is 0 Å². The monoisotopic (exact) mass is 390 g/mol. The van der Waals surface area contributed by atoms with E-state index in [1.54, 1.807) is 0 Å². The molecule has 0 saturated carbocycles. The number of carbonyl (C=O) groups is 2. The molecule has 4 nitrogen and oxygen atoms in total. The number of likely N-dealkylation sites (tertiary alicyclic amines) is 2. The zero-order valence-corrected chi connectivity index (χ0v) is 17.0. The maximum absolute atomic E-state index is 13.1. The van der Waals surface area contributed by atoms with E-state index in [2.05, 4.69) is 24.3 Å². The van der Waals surface area contributed by atoms with E-state index in [0.29, 0.717) is 25.4 Å². The second-order valence-corrected chi connectivity index (χ2v) is 8.27. The Balaban J connectivity index is 1.39. The first kappa shape index (κ1) is 19.7. The maximum Gasteiger partial charge on any atom is 0.225 e. The third kappa shape index (κ3) is 4.69. The van der Waals surface area contributed by atoms with Crippen molar-refractivity contribution in [3.05, 3.63) is 71.8 Å². The van der Waals surface area contributed by atoms with Gasteiger partial charge in [-0.25, -0.2) is 0 Å². The summed E-state index contributed by atoms with van der Waals surface area (Å²) in [5, 5.41) is 0. The van der Waals surface area contributed by atoms with Gasteiger partial charge in [-0.1, -0.05) is 60.7 Å². The van der Waals surface area contributed by atoms with Gasteiger partial charge in [0.05, 0.1) is 0 Å². The summed E-state index contributed by atoms with van der Waals surface area (Å²) in [6.45, 7) is 3.21. The number of nitrogens with zero attached hydrogens (tertiary/aromatic N) is 2. The molecule has 0 spiro atoms. The standard InChI is InChI=1S/C25H30N2O2/c28-24(26-17-13-22(14-18-26)25(29)27-15-7-8-16-27)19-23(20-9-3-1-4-10-20)21-11-5-2-6-12-21/h1-6,9-12,22-23H,7-8,13-19H2. The molecule has 2 aliphatic rings. The molecule has 0 radical (unpaired) electrons. The molecule has 2 aromatic rings. The number of amides is 2. The molecule has 2 aromatic carbocycles. The average Bonchev–Trinajstić information content (AvgIpc) is 3.33. The highest BCUT2D eigenvalue weighted by molar-refractivity contribution is 5.81. The largest absolute Gasteiger partial charge is 0.343 e. The van der Waals surface area contributed by atoms with Crippen LogP contribution in [0.1, 0.15) is 49.1 Å². The zero-order chi connectivity index (χ0) is 20.1. The summed E-state index contributed by atoms with van der Waals surface area (Å²) in [4.78, 5) is 29.7. The zero-order valence-electron chi connectivity index (χ0n) is 17.0. The van der Waals surface area contributed by atoms with Crippen LogP contribution in [-0.4, -0.2) is 47.8 Å². The molecular formula is C25H30N2O2. The van der Waals surface area contributed by atoms with Gasteiger partial charge >= 0.3 is 0 Å². The van der Waals surface area contributed by atoms with Crippen LogP contribution in [0.25, 0.3) is 0 Å². The van der Waals surface area contributed by atoms with Crippen LogP contribution in [0, 0.1) is 5.92 Å². The van der Waals surface area contributed by atoms with Crippen LogP contribution in [-0.2, 0) is 9.59 Å². The molecule has 152 valence electrons. The van der Waals surface area contributed by atoms with E-state index in [4.69, 9.17) is 0 Å². The highest BCUT2D eigenvalue weighted by Gasteiger charge is 2.32. The molecule has 0 aromatic heterocycles. The minimum absolute atomic E-state index is 0.0638. The molecule has 2 heterocycles. The van der Waals surface area contributed by atoms with Gasteiger partial charge in [-0.3, -0.25) is 9.59 Å². The van der Waals surface area contributed by atoms with E-state index in [1.165, 1.54) is 11.1 Å². The Morgan fingerprint density at radius 2 is 1.28 bits per heavy atom. The van der Waals surface area contributed by atoms with Crippen molar-refractivity contribution < 1.29 is 9.59 Å². The molecular weight excluding hydrogens is 360 g/mol. The second-order valence-electron chi connectivity index (χ2n) is 8.27. The van der Waals surface area contributed by atoms with E-state index in [0.717, 1.165) is 38.8 Å². The fourth-order valence-electron chi connectivity index (χ4n) is 4.67. The predicted molar refractivity (Wildman–Crippen MR) is 114 cm³/mol. The topological polar surface area (TPSA) is 40.6 Å². The van der Waals surface area contributed by atoms with E-state index < -0.39 is 0 Å². The Morgan fingerprint density at radius 1 is 0.759 bits per heavy atom. The summed E-state index contributed by atoms with van der Waals surface area (Å²) in [5.74, 6) is 0.654. The van der Waals surface area contributed by atoms with Crippen LogP contribution in [0.2, 0.25) is 0 Å². The van der Waals surface area contributed by atoms with Crippen molar-refractivity contribution in [2.75, 3.05) is 26.2 Å². The first-order valence-electron chi connectivity index (χ1n) is 10.9. The van der Waals surface area contributed by atoms with Gasteiger partial charge in [0, 0.05) is 44.4 Å². The van der Waals surface area contributed by atoms with Crippen LogP contribution in [0.4, 0.5) is 0 Å². The molecule has 0 aliphatic carbocycles. The minimum atomic E-state index is 0.0638. The average molecular weight is 391 g/mol.